The van der Waals surface area contributed by atoms with E-state index in [9.17, 15) is 0 Å². The van der Waals surface area contributed by atoms with Gasteiger partial charge in [0.1, 0.15) is 11.5 Å². The Morgan fingerprint density at radius 2 is 1.89 bits per heavy atom. The van der Waals surface area contributed by atoms with Crippen LogP contribution in [0.5, 0.6) is 5.75 Å². The quantitative estimate of drug-likeness (QED) is 0.398. The van der Waals surface area contributed by atoms with E-state index in [0.29, 0.717) is 0 Å². The molecule has 0 saturated carbocycles. The number of fused-ring (bicyclic) bond motifs is 2. The molecule has 0 radical (unpaired) electrons. The Morgan fingerprint density at radius 3 is 2.75 bits per heavy atom. The number of allylic oxidation sites excluding steroid dienone is 1. The first-order chi connectivity index (χ1) is 13.8. The van der Waals surface area contributed by atoms with Gasteiger partial charge in [0.05, 0.1) is 13.4 Å². The lowest BCUT2D eigenvalue weighted by molar-refractivity contribution is 0.415. The molecular weight excluding hydrogens is 344 g/mol. The molecule has 2 heteroatoms. The zero-order valence-corrected chi connectivity index (χ0v) is 16.2. The van der Waals surface area contributed by atoms with Gasteiger partial charge < -0.3 is 9.15 Å². The molecule has 0 unspecified atom stereocenters. The number of hydrogen-bond acceptors (Lipinski definition) is 2. The number of furan rings is 1. The van der Waals surface area contributed by atoms with Crippen molar-refractivity contribution in [2.24, 2.45) is 0 Å². The first-order valence-corrected chi connectivity index (χ1v) is 9.75. The Morgan fingerprint density at radius 1 is 1.00 bits per heavy atom. The van der Waals surface area contributed by atoms with E-state index in [1.165, 1.54) is 38.8 Å². The number of benzene rings is 3. The molecule has 3 aromatic carbocycles. The van der Waals surface area contributed by atoms with E-state index >= 15 is 0 Å². The minimum Gasteiger partial charge on any atom is -0.497 e. The second-order valence-electron chi connectivity index (χ2n) is 7.26. The molecule has 0 aliphatic heterocycles. The van der Waals surface area contributed by atoms with Gasteiger partial charge in [0, 0.05) is 22.8 Å². The summed E-state index contributed by atoms with van der Waals surface area (Å²) in [7, 11) is 1.72. The third kappa shape index (κ3) is 2.65. The molecule has 0 atom stereocenters. The highest BCUT2D eigenvalue weighted by atomic mass is 16.5. The summed E-state index contributed by atoms with van der Waals surface area (Å²) in [6.07, 6.45) is 6.06. The molecule has 0 fully saturated rings. The monoisotopic (exact) mass is 366 g/mol. The summed E-state index contributed by atoms with van der Waals surface area (Å²) in [5, 5.41) is 2.33. The van der Waals surface area contributed by atoms with E-state index in [2.05, 4.69) is 61.5 Å². The van der Waals surface area contributed by atoms with Crippen molar-refractivity contribution >= 4 is 22.4 Å². The highest BCUT2D eigenvalue weighted by Crippen LogP contribution is 2.42. The van der Waals surface area contributed by atoms with Crippen LogP contribution in [0.1, 0.15) is 29.4 Å². The van der Waals surface area contributed by atoms with Crippen LogP contribution in [0.25, 0.3) is 33.5 Å². The number of hydrogen-bond donors (Lipinski definition) is 0. The molecule has 138 valence electrons. The molecule has 1 heterocycles. The highest BCUT2D eigenvalue weighted by Gasteiger charge is 2.23. The lowest BCUT2D eigenvalue weighted by atomic mass is 9.91. The van der Waals surface area contributed by atoms with Crippen molar-refractivity contribution in [2.45, 2.75) is 19.8 Å². The molecule has 28 heavy (non-hydrogen) atoms. The minimum absolute atomic E-state index is 0.886. The maximum atomic E-state index is 5.98. The van der Waals surface area contributed by atoms with Gasteiger partial charge in [-0.1, -0.05) is 55.5 Å². The van der Waals surface area contributed by atoms with Crippen molar-refractivity contribution < 1.29 is 9.15 Å². The van der Waals surface area contributed by atoms with Crippen molar-refractivity contribution in [3.8, 4) is 16.9 Å². The van der Waals surface area contributed by atoms with Crippen molar-refractivity contribution in [1.29, 1.82) is 0 Å². The molecule has 1 aromatic heterocycles. The number of aryl methyl sites for hydroxylation is 1. The average molecular weight is 366 g/mol. The van der Waals surface area contributed by atoms with Gasteiger partial charge in [-0.25, -0.2) is 0 Å². The summed E-state index contributed by atoms with van der Waals surface area (Å²) < 4.78 is 11.4. The predicted molar refractivity (Wildman–Crippen MR) is 116 cm³/mol. The van der Waals surface area contributed by atoms with Crippen molar-refractivity contribution in [3.05, 3.63) is 89.4 Å². The van der Waals surface area contributed by atoms with Crippen LogP contribution in [-0.4, -0.2) is 7.11 Å². The third-order valence-corrected chi connectivity index (χ3v) is 5.66. The normalized spacial score (nSPS) is 12.9. The maximum Gasteiger partial charge on any atom is 0.138 e. The molecule has 2 nitrogen and oxygen atoms in total. The van der Waals surface area contributed by atoms with Crippen LogP contribution >= 0.6 is 0 Å². The summed E-state index contributed by atoms with van der Waals surface area (Å²) >= 11 is 0. The zero-order chi connectivity index (χ0) is 19.1. The van der Waals surface area contributed by atoms with Crippen LogP contribution in [0.15, 0.2) is 71.3 Å². The van der Waals surface area contributed by atoms with Gasteiger partial charge in [-0.3, -0.25) is 0 Å². The second-order valence-corrected chi connectivity index (χ2v) is 7.26. The molecule has 0 amide bonds. The number of rotatable bonds is 4. The van der Waals surface area contributed by atoms with Gasteiger partial charge in [0.15, 0.2) is 0 Å². The Labute approximate surface area is 165 Å². The third-order valence-electron chi connectivity index (χ3n) is 5.66. The van der Waals surface area contributed by atoms with E-state index < -0.39 is 0 Å². The van der Waals surface area contributed by atoms with E-state index in [1.54, 1.807) is 7.11 Å². The molecule has 4 aromatic rings. The average Bonchev–Trinajstić information content (AvgIpc) is 3.36. The van der Waals surface area contributed by atoms with Gasteiger partial charge in [-0.05, 0) is 52.4 Å². The van der Waals surface area contributed by atoms with E-state index in [4.69, 9.17) is 9.15 Å². The van der Waals surface area contributed by atoms with Crippen LogP contribution in [0.3, 0.4) is 0 Å². The summed E-state index contributed by atoms with van der Waals surface area (Å²) in [4.78, 5) is 0. The molecule has 5 rings (SSSR count). The van der Waals surface area contributed by atoms with Gasteiger partial charge in [-0.15, -0.1) is 0 Å². The van der Waals surface area contributed by atoms with E-state index in [1.807, 2.05) is 18.4 Å². The van der Waals surface area contributed by atoms with Crippen molar-refractivity contribution in [1.82, 2.24) is 0 Å². The van der Waals surface area contributed by atoms with Gasteiger partial charge in [-0.2, -0.15) is 0 Å². The summed E-state index contributed by atoms with van der Waals surface area (Å²) in [5.41, 5.74) is 7.77. The Balaban J connectivity index is 1.69. The first kappa shape index (κ1) is 16.9. The standard InChI is InChI=1S/C26H22O2/c1-3-17-11-12-18-13-21(26-23-10-5-4-7-20(23)16-28-26)15-24(18)25(17)19-8-6-9-22(14-19)27-2/h4-12,14-16H,3,13H2,1-2H3. The highest BCUT2D eigenvalue weighted by molar-refractivity contribution is 6.00. The van der Waals surface area contributed by atoms with Gasteiger partial charge in [0.2, 0.25) is 0 Å². The predicted octanol–water partition coefficient (Wildman–Crippen LogP) is 6.77. The second kappa shape index (κ2) is 6.72. The Kier molecular flexibility index (Phi) is 4.05. The Hall–Kier alpha value is -3.26. The topological polar surface area (TPSA) is 22.4 Å². The van der Waals surface area contributed by atoms with Crippen molar-refractivity contribution in [2.75, 3.05) is 7.11 Å². The lowest BCUT2D eigenvalue weighted by Gasteiger charge is -2.14. The number of methoxy groups -OCH3 is 1. The van der Waals surface area contributed by atoms with E-state index in [-0.39, 0.29) is 0 Å². The smallest absolute Gasteiger partial charge is 0.138 e. The van der Waals surface area contributed by atoms with Crippen LogP contribution in [0.4, 0.5) is 0 Å². The Bertz CT molecular complexity index is 1210. The summed E-state index contributed by atoms with van der Waals surface area (Å²) in [6.45, 7) is 2.21. The molecule has 0 N–H and O–H groups in total. The van der Waals surface area contributed by atoms with Crippen LogP contribution in [-0.2, 0) is 12.8 Å². The SMILES string of the molecule is CCc1ccc2c(c1-c1cccc(OC)c1)C=C(c1occ3ccccc13)C2. The lowest BCUT2D eigenvalue weighted by Crippen LogP contribution is -1.95. The molecule has 1 aliphatic rings. The zero-order valence-electron chi connectivity index (χ0n) is 16.2. The fourth-order valence-corrected chi connectivity index (χ4v) is 4.26. The first-order valence-electron chi connectivity index (χ1n) is 9.75. The molecule has 0 saturated heterocycles. The minimum atomic E-state index is 0.886. The van der Waals surface area contributed by atoms with Crippen molar-refractivity contribution in [3.63, 3.8) is 0 Å². The number of ether oxygens (including phenoxy) is 1. The maximum absolute atomic E-state index is 5.98. The van der Waals surface area contributed by atoms with Gasteiger partial charge >= 0.3 is 0 Å². The van der Waals surface area contributed by atoms with Crippen LogP contribution < -0.4 is 4.74 Å². The fourth-order valence-electron chi connectivity index (χ4n) is 4.26. The molecule has 1 aliphatic carbocycles. The van der Waals surface area contributed by atoms with Gasteiger partial charge in [0.25, 0.3) is 0 Å². The summed E-state index contributed by atoms with van der Waals surface area (Å²) in [5.74, 6) is 1.87. The molecule has 0 spiro atoms. The fraction of sp³-hybridized carbons (Fsp3) is 0.154. The van der Waals surface area contributed by atoms with Crippen LogP contribution in [0, 0.1) is 0 Å². The largest absolute Gasteiger partial charge is 0.497 e. The molecule has 0 bridgehead atoms. The summed E-state index contributed by atoms with van der Waals surface area (Å²) in [6, 6.07) is 21.3. The van der Waals surface area contributed by atoms with E-state index in [0.717, 1.165) is 29.7 Å². The molecular formula is C26H22O2. The van der Waals surface area contributed by atoms with Crippen LogP contribution in [0.2, 0.25) is 0 Å².